The Morgan fingerprint density at radius 3 is 1.82 bits per heavy atom. The molecular weight excluding hydrogens is 354 g/mol. The molecule has 0 aliphatic rings. The maximum absolute atomic E-state index is 12.9. The van der Waals surface area contributed by atoms with Crippen LogP contribution in [0, 0.1) is 6.92 Å². The van der Waals surface area contributed by atoms with Gasteiger partial charge in [-0.1, -0.05) is 48.0 Å². The van der Waals surface area contributed by atoms with Crippen LogP contribution in [-0.2, 0) is 0 Å². The lowest BCUT2D eigenvalue weighted by Crippen LogP contribution is -2.19. The molecule has 0 saturated carbocycles. The van der Waals surface area contributed by atoms with E-state index in [9.17, 15) is 14.4 Å². The Kier molecular flexibility index (Phi) is 5.50. The van der Waals surface area contributed by atoms with Crippen molar-refractivity contribution in [3.05, 3.63) is 95.1 Å². The molecule has 0 bridgehead atoms. The average Bonchev–Trinajstić information content (AvgIpc) is 2.69. The number of carbonyl (C=O) groups is 3. The van der Waals surface area contributed by atoms with Gasteiger partial charge in [0.2, 0.25) is 0 Å². The molecule has 3 aromatic carbocycles. The van der Waals surface area contributed by atoms with Crippen LogP contribution in [0.4, 0.5) is 16.2 Å². The van der Waals surface area contributed by atoms with Crippen molar-refractivity contribution in [1.82, 2.24) is 0 Å². The molecule has 0 aliphatic carbocycles. The SMILES string of the molecule is Cc1ccc(C(=O)c2ccccc2C(=O)Nc2ccc(NC(N)=O)cc2)cc1. The van der Waals surface area contributed by atoms with Gasteiger partial charge < -0.3 is 16.4 Å². The number of carbonyl (C=O) groups excluding carboxylic acids is 3. The molecule has 0 saturated heterocycles. The van der Waals surface area contributed by atoms with E-state index in [0.29, 0.717) is 22.5 Å². The first kappa shape index (κ1) is 18.8. The van der Waals surface area contributed by atoms with Crippen molar-refractivity contribution < 1.29 is 14.4 Å². The standard InChI is InChI=1S/C22H19N3O3/c1-14-6-8-15(9-7-14)20(26)18-4-2-3-5-19(18)21(27)24-16-10-12-17(13-11-16)25-22(23)28/h2-13H,1H3,(H,24,27)(H3,23,25,28). The van der Waals surface area contributed by atoms with Gasteiger partial charge in [0.1, 0.15) is 0 Å². The quantitative estimate of drug-likeness (QED) is 0.590. The molecule has 3 amide bonds. The summed E-state index contributed by atoms with van der Waals surface area (Å²) >= 11 is 0. The van der Waals surface area contributed by atoms with Crippen molar-refractivity contribution in [3.8, 4) is 0 Å². The fraction of sp³-hybridized carbons (Fsp3) is 0.0455. The van der Waals surface area contributed by atoms with E-state index in [1.807, 2.05) is 19.1 Å². The van der Waals surface area contributed by atoms with E-state index in [2.05, 4.69) is 10.6 Å². The number of hydrogen-bond acceptors (Lipinski definition) is 3. The summed E-state index contributed by atoms with van der Waals surface area (Å²) in [6.45, 7) is 1.94. The van der Waals surface area contributed by atoms with Crippen molar-refractivity contribution in [1.29, 1.82) is 0 Å². The number of amides is 3. The van der Waals surface area contributed by atoms with Gasteiger partial charge in [-0.05, 0) is 37.3 Å². The van der Waals surface area contributed by atoms with Crippen LogP contribution in [0.2, 0.25) is 0 Å². The Hall–Kier alpha value is -3.93. The third kappa shape index (κ3) is 4.42. The molecule has 3 aromatic rings. The van der Waals surface area contributed by atoms with Gasteiger partial charge in [-0.25, -0.2) is 4.79 Å². The number of urea groups is 1. The van der Waals surface area contributed by atoms with Crippen molar-refractivity contribution in [3.63, 3.8) is 0 Å². The van der Waals surface area contributed by atoms with Gasteiger partial charge >= 0.3 is 6.03 Å². The van der Waals surface area contributed by atoms with Gasteiger partial charge in [0.25, 0.3) is 5.91 Å². The van der Waals surface area contributed by atoms with E-state index >= 15 is 0 Å². The molecule has 4 N–H and O–H groups in total. The summed E-state index contributed by atoms with van der Waals surface area (Å²) in [6, 6.07) is 19.7. The lowest BCUT2D eigenvalue weighted by atomic mass is 9.97. The lowest BCUT2D eigenvalue weighted by molar-refractivity contribution is 0.0996. The molecule has 3 rings (SSSR count). The van der Waals surface area contributed by atoms with Crippen LogP contribution in [-0.4, -0.2) is 17.7 Å². The van der Waals surface area contributed by atoms with E-state index in [1.54, 1.807) is 60.7 Å². The Morgan fingerprint density at radius 2 is 1.25 bits per heavy atom. The van der Waals surface area contributed by atoms with E-state index in [0.717, 1.165) is 5.56 Å². The topological polar surface area (TPSA) is 101 Å². The molecule has 140 valence electrons. The van der Waals surface area contributed by atoms with Crippen LogP contribution in [0.1, 0.15) is 31.8 Å². The van der Waals surface area contributed by atoms with E-state index in [4.69, 9.17) is 5.73 Å². The summed E-state index contributed by atoms with van der Waals surface area (Å²) in [5.74, 6) is -0.613. The zero-order chi connectivity index (χ0) is 20.1. The van der Waals surface area contributed by atoms with Gasteiger partial charge in [-0.2, -0.15) is 0 Å². The minimum absolute atomic E-state index is 0.216. The summed E-state index contributed by atoms with van der Waals surface area (Å²) in [7, 11) is 0. The number of primary amides is 1. The van der Waals surface area contributed by atoms with Crippen LogP contribution in [0.25, 0.3) is 0 Å². The van der Waals surface area contributed by atoms with Crippen LogP contribution >= 0.6 is 0 Å². The number of benzene rings is 3. The Bertz CT molecular complexity index is 1030. The zero-order valence-electron chi connectivity index (χ0n) is 15.2. The van der Waals surface area contributed by atoms with E-state index in [1.165, 1.54) is 0 Å². The summed E-state index contributed by atoms with van der Waals surface area (Å²) in [5.41, 5.74) is 8.30. The molecule has 0 aliphatic heterocycles. The zero-order valence-corrected chi connectivity index (χ0v) is 15.2. The molecule has 0 heterocycles. The fourth-order valence-electron chi connectivity index (χ4n) is 2.72. The largest absolute Gasteiger partial charge is 0.351 e. The van der Waals surface area contributed by atoms with Crippen molar-refractivity contribution in [2.75, 3.05) is 10.6 Å². The van der Waals surface area contributed by atoms with Crippen LogP contribution < -0.4 is 16.4 Å². The number of aryl methyl sites for hydroxylation is 1. The first-order valence-electron chi connectivity index (χ1n) is 8.62. The predicted octanol–water partition coefficient (Wildman–Crippen LogP) is 3.97. The maximum Gasteiger partial charge on any atom is 0.316 e. The minimum atomic E-state index is -0.666. The summed E-state index contributed by atoms with van der Waals surface area (Å²) < 4.78 is 0. The molecule has 6 heteroatoms. The Morgan fingerprint density at radius 1 is 0.714 bits per heavy atom. The maximum atomic E-state index is 12.9. The van der Waals surface area contributed by atoms with Gasteiger partial charge in [0.15, 0.2) is 5.78 Å². The second-order valence-electron chi connectivity index (χ2n) is 6.26. The summed E-state index contributed by atoms with van der Waals surface area (Å²) in [5, 5.41) is 5.20. The van der Waals surface area contributed by atoms with Crippen LogP contribution in [0.15, 0.2) is 72.8 Å². The fourth-order valence-corrected chi connectivity index (χ4v) is 2.72. The molecule has 0 fully saturated rings. The van der Waals surface area contributed by atoms with E-state index in [-0.39, 0.29) is 11.3 Å². The molecule has 0 aromatic heterocycles. The predicted molar refractivity (Wildman–Crippen MR) is 109 cm³/mol. The smallest absolute Gasteiger partial charge is 0.316 e. The van der Waals surface area contributed by atoms with Gasteiger partial charge in [0, 0.05) is 22.5 Å². The first-order valence-corrected chi connectivity index (χ1v) is 8.62. The highest BCUT2D eigenvalue weighted by atomic mass is 16.2. The third-order valence-electron chi connectivity index (χ3n) is 4.14. The third-order valence-corrected chi connectivity index (χ3v) is 4.14. The van der Waals surface area contributed by atoms with Gasteiger partial charge in [0.05, 0.1) is 5.56 Å². The lowest BCUT2D eigenvalue weighted by Gasteiger charge is -2.10. The van der Waals surface area contributed by atoms with Crippen molar-refractivity contribution in [2.24, 2.45) is 5.73 Å². The molecule has 0 spiro atoms. The highest BCUT2D eigenvalue weighted by molar-refractivity contribution is 6.17. The van der Waals surface area contributed by atoms with Crippen molar-refractivity contribution >= 4 is 29.1 Å². The molecule has 0 atom stereocenters. The highest BCUT2D eigenvalue weighted by Gasteiger charge is 2.18. The number of rotatable bonds is 5. The first-order chi connectivity index (χ1) is 13.4. The second kappa shape index (κ2) is 8.18. The average molecular weight is 373 g/mol. The van der Waals surface area contributed by atoms with E-state index < -0.39 is 11.9 Å². The number of ketones is 1. The van der Waals surface area contributed by atoms with Crippen LogP contribution in [0.5, 0.6) is 0 Å². The minimum Gasteiger partial charge on any atom is -0.351 e. The van der Waals surface area contributed by atoms with Gasteiger partial charge in [-0.15, -0.1) is 0 Å². The van der Waals surface area contributed by atoms with Crippen molar-refractivity contribution in [2.45, 2.75) is 6.92 Å². The monoisotopic (exact) mass is 373 g/mol. The normalized spacial score (nSPS) is 10.2. The molecule has 0 radical (unpaired) electrons. The van der Waals surface area contributed by atoms with Gasteiger partial charge in [-0.3, -0.25) is 9.59 Å². The number of nitrogens with two attached hydrogens (primary N) is 1. The Balaban J connectivity index is 1.82. The number of nitrogens with one attached hydrogen (secondary N) is 2. The second-order valence-corrected chi connectivity index (χ2v) is 6.26. The molecule has 0 unspecified atom stereocenters. The Labute approximate surface area is 162 Å². The number of hydrogen-bond donors (Lipinski definition) is 3. The molecule has 6 nitrogen and oxygen atoms in total. The highest BCUT2D eigenvalue weighted by Crippen LogP contribution is 2.19. The summed E-state index contributed by atoms with van der Waals surface area (Å²) in [6.07, 6.45) is 0. The molecular formula is C22H19N3O3. The summed E-state index contributed by atoms with van der Waals surface area (Å²) in [4.78, 5) is 36.4. The van der Waals surface area contributed by atoms with Crippen LogP contribution in [0.3, 0.4) is 0 Å². The number of anilines is 2. The molecule has 28 heavy (non-hydrogen) atoms.